The van der Waals surface area contributed by atoms with Gasteiger partial charge in [-0.25, -0.2) is 0 Å². The maximum Gasteiger partial charge on any atom is -0.0252 e. The molecule has 2 saturated carbocycles. The molecule has 0 aromatic heterocycles. The Kier molecular flexibility index (Phi) is 9.47. The molecule has 0 N–H and O–H groups in total. The van der Waals surface area contributed by atoms with Crippen molar-refractivity contribution in [2.75, 3.05) is 0 Å². The molecular weight excluding hydrogens is 276 g/mol. The van der Waals surface area contributed by atoms with Crippen LogP contribution in [0.15, 0.2) is 0 Å². The van der Waals surface area contributed by atoms with E-state index in [1.807, 2.05) is 0 Å². The highest BCUT2D eigenvalue weighted by Gasteiger charge is 2.45. The van der Waals surface area contributed by atoms with E-state index in [-0.39, 0.29) is 0 Å². The molecule has 0 aromatic rings. The Balaban J connectivity index is 0.000000386. The van der Waals surface area contributed by atoms with E-state index >= 15 is 0 Å². The summed E-state index contributed by atoms with van der Waals surface area (Å²) < 4.78 is 0. The normalized spacial score (nSPS) is 19.6. The van der Waals surface area contributed by atoms with Crippen LogP contribution in [-0.4, -0.2) is 0 Å². The van der Waals surface area contributed by atoms with E-state index in [2.05, 4.69) is 69.2 Å². The van der Waals surface area contributed by atoms with Crippen LogP contribution in [0.25, 0.3) is 0 Å². The van der Waals surface area contributed by atoms with Crippen molar-refractivity contribution < 1.29 is 0 Å². The maximum atomic E-state index is 2.42. The Morgan fingerprint density at radius 3 is 0.913 bits per heavy atom. The van der Waals surface area contributed by atoms with Gasteiger partial charge in [-0.1, -0.05) is 121 Å². The van der Waals surface area contributed by atoms with Crippen molar-refractivity contribution in [2.45, 2.75) is 121 Å². The van der Waals surface area contributed by atoms with Crippen LogP contribution in [-0.2, 0) is 0 Å². The summed E-state index contributed by atoms with van der Waals surface area (Å²) in [5.74, 6) is 2.13. The summed E-state index contributed by atoms with van der Waals surface area (Å²) in [5, 5.41) is 0. The maximum absolute atomic E-state index is 2.42. The lowest BCUT2D eigenvalue weighted by atomic mass is 9.53. The van der Waals surface area contributed by atoms with E-state index in [1.165, 1.54) is 51.4 Å². The topological polar surface area (TPSA) is 0 Å². The molecule has 0 spiro atoms. The third-order valence-corrected chi connectivity index (χ3v) is 7.94. The zero-order valence-corrected chi connectivity index (χ0v) is 18.3. The Bertz CT molecular complexity index is 270. The largest absolute Gasteiger partial charge is 0.0649 e. The van der Waals surface area contributed by atoms with Crippen LogP contribution >= 0.6 is 0 Å². The first-order valence-corrected chi connectivity index (χ1v) is 10.4. The van der Waals surface area contributed by atoms with Gasteiger partial charge in [0.15, 0.2) is 0 Å². The fraction of sp³-hybridized carbons (Fsp3) is 1.00. The second-order valence-electron chi connectivity index (χ2n) is 10.2. The molecule has 2 rings (SSSR count). The van der Waals surface area contributed by atoms with Gasteiger partial charge in [-0.05, 0) is 28.1 Å². The number of hydrogen-bond acceptors (Lipinski definition) is 0. The van der Waals surface area contributed by atoms with Crippen LogP contribution in [0.1, 0.15) is 121 Å². The molecule has 0 heterocycles. The molecule has 0 atom stereocenters. The first kappa shape index (κ1) is 23.0. The van der Waals surface area contributed by atoms with Crippen molar-refractivity contribution in [3.63, 3.8) is 0 Å². The molecule has 0 aromatic carbocycles. The van der Waals surface area contributed by atoms with E-state index in [4.69, 9.17) is 0 Å². The predicted octanol–water partition coefficient (Wildman–Crippen LogP) is 8.50. The van der Waals surface area contributed by atoms with Crippen LogP contribution < -0.4 is 0 Å². The number of rotatable bonds is 4. The van der Waals surface area contributed by atoms with Crippen LogP contribution in [0.5, 0.6) is 0 Å². The second kappa shape index (κ2) is 9.47. The molecule has 0 heteroatoms. The lowest BCUT2D eigenvalue weighted by Crippen LogP contribution is -2.43. The first-order chi connectivity index (χ1) is 10.4. The third kappa shape index (κ3) is 6.79. The molecule has 0 aliphatic heterocycles. The fourth-order valence-corrected chi connectivity index (χ4v) is 3.02. The zero-order chi connectivity index (χ0) is 18.3. The van der Waals surface area contributed by atoms with Crippen molar-refractivity contribution in [2.24, 2.45) is 28.1 Å². The average Bonchev–Trinajstić information content (AvgIpc) is 2.43. The molecule has 0 radical (unpaired) electrons. The molecule has 0 bridgehead atoms. The summed E-state index contributed by atoms with van der Waals surface area (Å²) in [5.41, 5.74) is 1.24. The van der Waals surface area contributed by atoms with E-state index in [9.17, 15) is 0 Å². The molecular formula is C23H48. The number of hydrogen-bond donors (Lipinski definition) is 0. The van der Waals surface area contributed by atoms with Gasteiger partial charge in [0.2, 0.25) is 0 Å². The minimum absolute atomic E-state index is 0.392. The summed E-state index contributed by atoms with van der Waals surface area (Å²) in [6.07, 6.45) is 11.4. The lowest BCUT2D eigenvalue weighted by Gasteiger charge is -2.52. The van der Waals surface area contributed by atoms with Crippen LogP contribution in [0, 0.1) is 28.1 Å². The van der Waals surface area contributed by atoms with Gasteiger partial charge in [-0.15, -0.1) is 0 Å². The smallest absolute Gasteiger partial charge is 0.0252 e. The van der Waals surface area contributed by atoms with Gasteiger partial charge in [0.1, 0.15) is 0 Å². The molecule has 2 aliphatic rings. The Hall–Kier alpha value is 0. The van der Waals surface area contributed by atoms with Gasteiger partial charge in [-0.3, -0.25) is 0 Å². The summed E-state index contributed by atoms with van der Waals surface area (Å²) >= 11 is 0. The highest BCUT2D eigenvalue weighted by atomic mass is 14.5. The van der Waals surface area contributed by atoms with Crippen LogP contribution in [0.3, 0.4) is 0 Å². The van der Waals surface area contributed by atoms with Crippen molar-refractivity contribution in [1.29, 1.82) is 0 Å². The minimum Gasteiger partial charge on any atom is -0.0649 e. The van der Waals surface area contributed by atoms with Crippen molar-refractivity contribution in [3.05, 3.63) is 0 Å². The molecule has 140 valence electrons. The Morgan fingerprint density at radius 2 is 0.826 bits per heavy atom. The molecule has 23 heavy (non-hydrogen) atoms. The molecule has 0 saturated heterocycles. The van der Waals surface area contributed by atoms with E-state index in [0.29, 0.717) is 16.2 Å². The third-order valence-electron chi connectivity index (χ3n) is 7.94. The average molecular weight is 325 g/mol. The predicted molar refractivity (Wildman–Crippen MR) is 108 cm³/mol. The Morgan fingerprint density at radius 1 is 0.609 bits per heavy atom. The van der Waals surface area contributed by atoms with Gasteiger partial charge in [0.25, 0.3) is 0 Å². The summed E-state index contributed by atoms with van der Waals surface area (Å²) in [6.45, 7) is 23.6. The molecule has 2 aliphatic carbocycles. The van der Waals surface area contributed by atoms with Crippen molar-refractivity contribution in [3.8, 4) is 0 Å². The second-order valence-corrected chi connectivity index (χ2v) is 10.2. The van der Waals surface area contributed by atoms with Crippen molar-refractivity contribution in [1.82, 2.24) is 0 Å². The summed E-state index contributed by atoms with van der Waals surface area (Å²) in [4.78, 5) is 0. The van der Waals surface area contributed by atoms with E-state index < -0.39 is 0 Å². The zero-order valence-electron chi connectivity index (χ0n) is 18.3. The van der Waals surface area contributed by atoms with Gasteiger partial charge in [-0.2, -0.15) is 0 Å². The highest BCUT2D eigenvalue weighted by molar-refractivity contribution is 4.94. The lowest BCUT2D eigenvalue weighted by molar-refractivity contribution is -0.0243. The van der Waals surface area contributed by atoms with Gasteiger partial charge < -0.3 is 0 Å². The molecule has 0 unspecified atom stereocenters. The van der Waals surface area contributed by atoms with Gasteiger partial charge >= 0.3 is 0 Å². The molecule has 2 fully saturated rings. The first-order valence-electron chi connectivity index (χ1n) is 10.4. The van der Waals surface area contributed by atoms with E-state index in [0.717, 1.165) is 11.8 Å². The van der Waals surface area contributed by atoms with Crippen LogP contribution in [0.4, 0.5) is 0 Å². The quantitative estimate of drug-likeness (QED) is 0.486. The van der Waals surface area contributed by atoms with Gasteiger partial charge in [0.05, 0.1) is 0 Å². The van der Waals surface area contributed by atoms with E-state index in [1.54, 1.807) is 0 Å². The Labute approximate surface area is 149 Å². The minimum atomic E-state index is 0.392. The summed E-state index contributed by atoms with van der Waals surface area (Å²) in [7, 11) is 0. The molecule has 0 amide bonds. The monoisotopic (exact) mass is 324 g/mol. The fourth-order valence-electron chi connectivity index (χ4n) is 3.02. The SMILES string of the molecule is CC1CCC1.CC1CCC1.CCC(C)(C)C(C)(C)C(C)(C)CC. The van der Waals surface area contributed by atoms with Crippen molar-refractivity contribution >= 4 is 0 Å². The standard InChI is InChI=1S/C13H28.2C5H10/c1-9-11(3,4)13(7,8)12(5,6)10-2;2*1-5-3-2-4-5/h9-10H2,1-8H3;2*5H,2-4H2,1H3. The molecule has 0 nitrogen and oxygen atoms in total. The van der Waals surface area contributed by atoms with Crippen LogP contribution in [0.2, 0.25) is 0 Å². The summed E-state index contributed by atoms with van der Waals surface area (Å²) in [6, 6.07) is 0. The van der Waals surface area contributed by atoms with Gasteiger partial charge in [0, 0.05) is 0 Å². The highest BCUT2D eigenvalue weighted by Crippen LogP contribution is 2.54.